The number of sulfonamides is 1. The first-order chi connectivity index (χ1) is 10.1. The van der Waals surface area contributed by atoms with Gasteiger partial charge in [-0.3, -0.25) is 0 Å². The molecular formula is C14H9F3N2O2S. The van der Waals surface area contributed by atoms with Gasteiger partial charge >= 0.3 is 6.18 Å². The molecule has 8 heteroatoms. The van der Waals surface area contributed by atoms with Crippen LogP contribution in [-0.4, -0.2) is 8.42 Å². The summed E-state index contributed by atoms with van der Waals surface area (Å²) >= 11 is 0. The van der Waals surface area contributed by atoms with E-state index in [0.717, 1.165) is 24.3 Å². The molecule has 0 heterocycles. The summed E-state index contributed by atoms with van der Waals surface area (Å²) < 4.78 is 61.6. The molecule has 0 saturated heterocycles. The summed E-state index contributed by atoms with van der Waals surface area (Å²) in [6, 6.07) is 9.54. The minimum atomic E-state index is -4.64. The number of benzene rings is 2. The fourth-order valence-corrected chi connectivity index (χ4v) is 2.52. The van der Waals surface area contributed by atoms with Crippen molar-refractivity contribution in [1.82, 2.24) is 0 Å². The minimum absolute atomic E-state index is 0.0804. The van der Waals surface area contributed by atoms with Gasteiger partial charge in [-0.2, -0.15) is 18.4 Å². The first-order valence-corrected chi connectivity index (χ1v) is 7.43. The van der Waals surface area contributed by atoms with Crippen LogP contribution in [0.5, 0.6) is 0 Å². The lowest BCUT2D eigenvalue weighted by molar-refractivity contribution is -0.137. The summed E-state index contributed by atoms with van der Waals surface area (Å²) in [5.41, 5.74) is -1.33. The molecule has 2 N–H and O–H groups in total. The number of alkyl halides is 3. The van der Waals surface area contributed by atoms with Crippen molar-refractivity contribution in [2.75, 3.05) is 0 Å². The van der Waals surface area contributed by atoms with Crippen LogP contribution in [0, 0.1) is 11.3 Å². The van der Waals surface area contributed by atoms with E-state index in [-0.39, 0.29) is 21.6 Å². The Balaban J connectivity index is 2.69. The maximum absolute atomic E-state index is 13.1. The van der Waals surface area contributed by atoms with Crippen LogP contribution < -0.4 is 5.14 Å². The van der Waals surface area contributed by atoms with Gasteiger partial charge in [0.25, 0.3) is 0 Å². The molecule has 0 aliphatic carbocycles. The monoisotopic (exact) mass is 326 g/mol. The van der Waals surface area contributed by atoms with Gasteiger partial charge in [0.1, 0.15) is 0 Å². The second-order valence-corrected chi connectivity index (χ2v) is 5.97. The van der Waals surface area contributed by atoms with Crippen LogP contribution in [0.2, 0.25) is 0 Å². The Hall–Kier alpha value is -2.37. The third-order valence-corrected chi connectivity index (χ3v) is 3.89. The Morgan fingerprint density at radius 3 is 2.09 bits per heavy atom. The predicted molar refractivity (Wildman–Crippen MR) is 73.0 cm³/mol. The van der Waals surface area contributed by atoms with E-state index in [4.69, 9.17) is 10.4 Å². The number of primary sulfonamides is 1. The molecule has 2 rings (SSSR count). The summed E-state index contributed by atoms with van der Waals surface area (Å²) in [6.07, 6.45) is -4.64. The van der Waals surface area contributed by atoms with E-state index in [1.54, 1.807) is 6.07 Å². The molecule has 0 saturated carbocycles. The standard InChI is InChI=1S/C14H9F3N2O2S/c15-14(16,17)12-3-1-2-10(8-18)13(12)9-4-6-11(7-5-9)22(19,20)21/h1-7H,(H2,19,20,21). The Morgan fingerprint density at radius 1 is 1.05 bits per heavy atom. The highest BCUT2D eigenvalue weighted by Crippen LogP contribution is 2.38. The topological polar surface area (TPSA) is 83.9 Å². The molecule has 4 nitrogen and oxygen atoms in total. The number of nitriles is 1. The van der Waals surface area contributed by atoms with E-state index in [1.165, 1.54) is 18.2 Å². The van der Waals surface area contributed by atoms with Gasteiger partial charge in [-0.15, -0.1) is 0 Å². The largest absolute Gasteiger partial charge is 0.417 e. The normalized spacial score (nSPS) is 12.0. The highest BCUT2D eigenvalue weighted by Gasteiger charge is 2.34. The zero-order valence-corrected chi connectivity index (χ0v) is 11.7. The summed E-state index contributed by atoms with van der Waals surface area (Å²) in [6.45, 7) is 0. The lowest BCUT2D eigenvalue weighted by Gasteiger charge is -2.14. The molecule has 0 bridgehead atoms. The quantitative estimate of drug-likeness (QED) is 0.921. The fourth-order valence-electron chi connectivity index (χ4n) is 2.00. The van der Waals surface area contributed by atoms with Gasteiger partial charge in [0.15, 0.2) is 0 Å². The number of rotatable bonds is 2. The maximum atomic E-state index is 13.1. The van der Waals surface area contributed by atoms with Crippen molar-refractivity contribution in [3.05, 3.63) is 53.6 Å². The number of nitrogens with two attached hydrogens (primary N) is 1. The Kier molecular flexibility index (Phi) is 3.96. The molecule has 0 aliphatic rings. The Labute approximate surface area is 124 Å². The van der Waals surface area contributed by atoms with E-state index < -0.39 is 21.8 Å². The zero-order valence-electron chi connectivity index (χ0n) is 10.9. The molecule has 0 amide bonds. The molecule has 0 aromatic heterocycles. The highest BCUT2D eigenvalue weighted by atomic mass is 32.2. The van der Waals surface area contributed by atoms with Crippen LogP contribution in [0.15, 0.2) is 47.4 Å². The van der Waals surface area contributed by atoms with E-state index in [9.17, 15) is 21.6 Å². The molecule has 22 heavy (non-hydrogen) atoms. The number of hydrogen-bond donors (Lipinski definition) is 1. The van der Waals surface area contributed by atoms with E-state index >= 15 is 0 Å². The molecule has 0 atom stereocenters. The molecule has 0 spiro atoms. The molecule has 0 fully saturated rings. The SMILES string of the molecule is N#Cc1cccc(C(F)(F)F)c1-c1ccc(S(N)(=O)=O)cc1. The van der Waals surface area contributed by atoms with Gasteiger partial charge in [0.05, 0.1) is 22.1 Å². The molecule has 0 aliphatic heterocycles. The number of hydrogen-bond acceptors (Lipinski definition) is 3. The Bertz CT molecular complexity index is 851. The minimum Gasteiger partial charge on any atom is -0.225 e. The van der Waals surface area contributed by atoms with Gasteiger partial charge < -0.3 is 0 Å². The number of halogens is 3. The van der Waals surface area contributed by atoms with Crippen LogP contribution in [0.4, 0.5) is 13.2 Å². The van der Waals surface area contributed by atoms with Crippen LogP contribution in [-0.2, 0) is 16.2 Å². The third kappa shape index (κ3) is 3.10. The number of nitrogens with zero attached hydrogens (tertiary/aromatic N) is 1. The molecular weight excluding hydrogens is 317 g/mol. The van der Waals surface area contributed by atoms with Gasteiger partial charge in [-0.25, -0.2) is 13.6 Å². The first kappa shape index (κ1) is 16.0. The average molecular weight is 326 g/mol. The van der Waals surface area contributed by atoms with Gasteiger partial charge in [-0.05, 0) is 29.8 Å². The lowest BCUT2D eigenvalue weighted by atomic mass is 9.94. The van der Waals surface area contributed by atoms with Crippen LogP contribution in [0.3, 0.4) is 0 Å². The zero-order chi connectivity index (χ0) is 16.5. The predicted octanol–water partition coefficient (Wildman–Crippen LogP) is 2.89. The average Bonchev–Trinajstić information content (AvgIpc) is 2.44. The highest BCUT2D eigenvalue weighted by molar-refractivity contribution is 7.89. The smallest absolute Gasteiger partial charge is 0.225 e. The van der Waals surface area contributed by atoms with Crippen molar-refractivity contribution >= 4 is 10.0 Å². The summed E-state index contributed by atoms with van der Waals surface area (Å²) in [5, 5.41) is 14.0. The van der Waals surface area contributed by atoms with Gasteiger partial charge in [-0.1, -0.05) is 18.2 Å². The van der Waals surface area contributed by atoms with Crippen molar-refractivity contribution in [3.63, 3.8) is 0 Å². The summed E-state index contributed by atoms with van der Waals surface area (Å²) in [4.78, 5) is -0.223. The van der Waals surface area contributed by atoms with Gasteiger partial charge in [0.2, 0.25) is 10.0 Å². The van der Waals surface area contributed by atoms with Crippen LogP contribution in [0.1, 0.15) is 11.1 Å². The first-order valence-electron chi connectivity index (χ1n) is 5.88. The van der Waals surface area contributed by atoms with Crippen molar-refractivity contribution in [1.29, 1.82) is 5.26 Å². The van der Waals surface area contributed by atoms with Gasteiger partial charge in [0, 0.05) is 5.56 Å². The van der Waals surface area contributed by atoms with Crippen molar-refractivity contribution in [2.45, 2.75) is 11.1 Å². The van der Waals surface area contributed by atoms with Crippen molar-refractivity contribution in [2.24, 2.45) is 5.14 Å². The molecule has 0 radical (unpaired) electrons. The van der Waals surface area contributed by atoms with E-state index in [0.29, 0.717) is 0 Å². The molecule has 114 valence electrons. The maximum Gasteiger partial charge on any atom is 0.417 e. The van der Waals surface area contributed by atoms with Crippen LogP contribution in [0.25, 0.3) is 11.1 Å². The fraction of sp³-hybridized carbons (Fsp3) is 0.0714. The second kappa shape index (κ2) is 5.44. The molecule has 2 aromatic rings. The molecule has 0 unspecified atom stereocenters. The third-order valence-electron chi connectivity index (χ3n) is 2.96. The van der Waals surface area contributed by atoms with E-state index in [2.05, 4.69) is 0 Å². The summed E-state index contributed by atoms with van der Waals surface area (Å²) in [5.74, 6) is 0. The van der Waals surface area contributed by atoms with Crippen LogP contribution >= 0.6 is 0 Å². The second-order valence-electron chi connectivity index (χ2n) is 4.41. The molecule has 2 aromatic carbocycles. The summed E-state index contributed by atoms with van der Waals surface area (Å²) in [7, 11) is -3.94. The van der Waals surface area contributed by atoms with E-state index in [1.807, 2.05) is 0 Å². The van der Waals surface area contributed by atoms with Crippen molar-refractivity contribution in [3.8, 4) is 17.2 Å². The lowest BCUT2D eigenvalue weighted by Crippen LogP contribution is -2.12. The van der Waals surface area contributed by atoms with Crippen molar-refractivity contribution < 1.29 is 21.6 Å². The Morgan fingerprint density at radius 2 is 1.64 bits per heavy atom.